The number of benzene rings is 1. The van der Waals surface area contributed by atoms with Gasteiger partial charge in [0.1, 0.15) is 5.82 Å². The minimum atomic E-state index is -0.0466. The van der Waals surface area contributed by atoms with Gasteiger partial charge in [-0.2, -0.15) is 0 Å². The van der Waals surface area contributed by atoms with Crippen molar-refractivity contribution >= 4 is 17.4 Å². The van der Waals surface area contributed by atoms with Crippen LogP contribution in [0.3, 0.4) is 0 Å². The highest BCUT2D eigenvalue weighted by Crippen LogP contribution is 2.30. The summed E-state index contributed by atoms with van der Waals surface area (Å²) in [5.41, 5.74) is 1.41. The molecule has 0 unspecified atom stereocenters. The third kappa shape index (κ3) is 4.45. The van der Waals surface area contributed by atoms with E-state index in [4.69, 9.17) is 9.47 Å². The number of nitrogens with one attached hydrogen (secondary N) is 2. The van der Waals surface area contributed by atoms with E-state index in [0.29, 0.717) is 22.9 Å². The Balaban J connectivity index is 1.69. The minimum Gasteiger partial charge on any atom is -0.493 e. The van der Waals surface area contributed by atoms with Gasteiger partial charge in [0.25, 0.3) is 5.91 Å². The zero-order valence-corrected chi connectivity index (χ0v) is 15.2. The zero-order valence-electron chi connectivity index (χ0n) is 15.2. The molecular weight excluding hydrogens is 330 g/mol. The first-order valence-electron chi connectivity index (χ1n) is 8.95. The molecule has 1 fully saturated rings. The van der Waals surface area contributed by atoms with Gasteiger partial charge < -0.3 is 20.1 Å². The van der Waals surface area contributed by atoms with E-state index in [-0.39, 0.29) is 11.9 Å². The predicted molar refractivity (Wildman–Crippen MR) is 101 cm³/mol. The van der Waals surface area contributed by atoms with Crippen LogP contribution in [0.15, 0.2) is 36.5 Å². The highest BCUT2D eigenvalue weighted by Gasteiger charge is 2.17. The molecule has 1 heterocycles. The summed E-state index contributed by atoms with van der Waals surface area (Å²) in [5.74, 6) is 1.85. The van der Waals surface area contributed by atoms with E-state index in [1.165, 1.54) is 19.3 Å². The summed E-state index contributed by atoms with van der Waals surface area (Å²) in [6.45, 7) is 0. The maximum Gasteiger partial charge on any atom is 0.251 e. The number of methoxy groups -OCH3 is 2. The molecule has 1 saturated carbocycles. The molecule has 0 aliphatic heterocycles. The van der Waals surface area contributed by atoms with Gasteiger partial charge in [0.05, 0.1) is 14.2 Å². The summed E-state index contributed by atoms with van der Waals surface area (Å²) in [6.07, 6.45) is 7.40. The molecule has 0 radical (unpaired) electrons. The van der Waals surface area contributed by atoms with Crippen molar-refractivity contribution in [2.75, 3.05) is 19.5 Å². The number of pyridine rings is 1. The molecule has 0 bridgehead atoms. The molecular formula is C20H25N3O3. The second kappa shape index (κ2) is 8.56. The van der Waals surface area contributed by atoms with Gasteiger partial charge in [0, 0.05) is 29.6 Å². The average Bonchev–Trinajstić information content (AvgIpc) is 2.69. The molecule has 6 nitrogen and oxygen atoms in total. The van der Waals surface area contributed by atoms with Crippen LogP contribution < -0.4 is 20.1 Å². The number of rotatable bonds is 6. The van der Waals surface area contributed by atoms with Crippen LogP contribution in [-0.2, 0) is 0 Å². The van der Waals surface area contributed by atoms with E-state index in [1.54, 1.807) is 32.5 Å². The number of carbonyl (C=O) groups is 1. The summed E-state index contributed by atoms with van der Waals surface area (Å²) in [6, 6.07) is 9.30. The molecule has 6 heteroatoms. The van der Waals surface area contributed by atoms with Crippen molar-refractivity contribution in [2.45, 2.75) is 38.1 Å². The maximum absolute atomic E-state index is 12.5. The Labute approximate surface area is 153 Å². The topological polar surface area (TPSA) is 72.5 Å². The molecule has 26 heavy (non-hydrogen) atoms. The van der Waals surface area contributed by atoms with Crippen molar-refractivity contribution in [3.63, 3.8) is 0 Å². The summed E-state index contributed by atoms with van der Waals surface area (Å²) in [5, 5.41) is 6.33. The number of hydrogen-bond donors (Lipinski definition) is 2. The van der Waals surface area contributed by atoms with Crippen LogP contribution in [0.5, 0.6) is 11.5 Å². The van der Waals surface area contributed by atoms with Crippen LogP contribution >= 0.6 is 0 Å². The van der Waals surface area contributed by atoms with E-state index >= 15 is 0 Å². The van der Waals surface area contributed by atoms with E-state index in [0.717, 1.165) is 18.5 Å². The number of carbonyl (C=O) groups excluding carboxylic acids is 1. The molecule has 0 atom stereocenters. The maximum atomic E-state index is 12.5. The number of aromatic nitrogens is 1. The van der Waals surface area contributed by atoms with Crippen molar-refractivity contribution in [2.24, 2.45) is 0 Å². The SMILES string of the molecule is COc1ccc(Nc2cc(C(=O)NC3CCCCC3)ccn2)cc1OC. The molecule has 138 valence electrons. The fourth-order valence-electron chi connectivity index (χ4n) is 3.22. The first-order chi connectivity index (χ1) is 12.7. The van der Waals surface area contributed by atoms with Gasteiger partial charge >= 0.3 is 0 Å². The van der Waals surface area contributed by atoms with E-state index in [2.05, 4.69) is 15.6 Å². The predicted octanol–water partition coefficient (Wildman–Crippen LogP) is 3.90. The Morgan fingerprint density at radius 1 is 1.04 bits per heavy atom. The number of nitrogens with zero attached hydrogens (tertiary/aromatic N) is 1. The molecule has 1 aliphatic rings. The Morgan fingerprint density at radius 3 is 2.54 bits per heavy atom. The molecule has 0 saturated heterocycles. The Hall–Kier alpha value is -2.76. The van der Waals surface area contributed by atoms with Crippen molar-refractivity contribution in [1.82, 2.24) is 10.3 Å². The van der Waals surface area contributed by atoms with E-state index < -0.39 is 0 Å². The van der Waals surface area contributed by atoms with Crippen LogP contribution in [0.1, 0.15) is 42.5 Å². The second-order valence-corrected chi connectivity index (χ2v) is 6.43. The van der Waals surface area contributed by atoms with Crippen LogP contribution in [0.4, 0.5) is 11.5 Å². The fourth-order valence-corrected chi connectivity index (χ4v) is 3.22. The lowest BCUT2D eigenvalue weighted by molar-refractivity contribution is 0.0927. The van der Waals surface area contributed by atoms with E-state index in [9.17, 15) is 4.79 Å². The number of anilines is 2. The van der Waals surface area contributed by atoms with Crippen molar-refractivity contribution in [3.8, 4) is 11.5 Å². The van der Waals surface area contributed by atoms with Crippen molar-refractivity contribution in [1.29, 1.82) is 0 Å². The highest BCUT2D eigenvalue weighted by atomic mass is 16.5. The quantitative estimate of drug-likeness (QED) is 0.822. The zero-order chi connectivity index (χ0) is 18.4. The third-order valence-electron chi connectivity index (χ3n) is 4.62. The third-order valence-corrected chi connectivity index (χ3v) is 4.62. The first kappa shape index (κ1) is 18.0. The molecule has 1 amide bonds. The van der Waals surface area contributed by atoms with Gasteiger partial charge in [0.2, 0.25) is 0 Å². The Morgan fingerprint density at radius 2 is 1.81 bits per heavy atom. The van der Waals surface area contributed by atoms with Gasteiger partial charge in [0.15, 0.2) is 11.5 Å². The summed E-state index contributed by atoms with van der Waals surface area (Å²) < 4.78 is 10.6. The molecule has 0 spiro atoms. The first-order valence-corrected chi connectivity index (χ1v) is 8.95. The summed E-state index contributed by atoms with van der Waals surface area (Å²) in [7, 11) is 3.19. The summed E-state index contributed by atoms with van der Waals surface area (Å²) >= 11 is 0. The van der Waals surface area contributed by atoms with Gasteiger partial charge in [-0.05, 0) is 37.1 Å². The van der Waals surface area contributed by atoms with Crippen LogP contribution in [0.2, 0.25) is 0 Å². The smallest absolute Gasteiger partial charge is 0.251 e. The highest BCUT2D eigenvalue weighted by molar-refractivity contribution is 5.95. The molecule has 2 aromatic rings. The number of hydrogen-bond acceptors (Lipinski definition) is 5. The molecule has 1 aromatic carbocycles. The number of amides is 1. The van der Waals surface area contributed by atoms with E-state index in [1.807, 2.05) is 18.2 Å². The fraction of sp³-hybridized carbons (Fsp3) is 0.400. The van der Waals surface area contributed by atoms with Crippen molar-refractivity contribution < 1.29 is 14.3 Å². The molecule has 1 aromatic heterocycles. The monoisotopic (exact) mass is 355 g/mol. The van der Waals surface area contributed by atoms with Gasteiger partial charge in [-0.3, -0.25) is 4.79 Å². The normalized spacial score (nSPS) is 14.5. The van der Waals surface area contributed by atoms with Crippen LogP contribution in [0.25, 0.3) is 0 Å². The van der Waals surface area contributed by atoms with Crippen molar-refractivity contribution in [3.05, 3.63) is 42.1 Å². The second-order valence-electron chi connectivity index (χ2n) is 6.43. The lowest BCUT2D eigenvalue weighted by Crippen LogP contribution is -2.36. The van der Waals surface area contributed by atoms with Gasteiger partial charge in [-0.25, -0.2) is 4.98 Å². The lowest BCUT2D eigenvalue weighted by atomic mass is 9.95. The largest absolute Gasteiger partial charge is 0.493 e. The Bertz CT molecular complexity index is 758. The molecule has 2 N–H and O–H groups in total. The average molecular weight is 355 g/mol. The number of ether oxygens (including phenoxy) is 2. The minimum absolute atomic E-state index is 0.0466. The summed E-state index contributed by atoms with van der Waals surface area (Å²) in [4.78, 5) is 16.8. The van der Waals surface area contributed by atoms with Gasteiger partial charge in [-0.1, -0.05) is 19.3 Å². The van der Waals surface area contributed by atoms with Crippen LogP contribution in [0, 0.1) is 0 Å². The van der Waals surface area contributed by atoms with Crippen LogP contribution in [-0.4, -0.2) is 31.2 Å². The molecule has 3 rings (SSSR count). The Kier molecular flexibility index (Phi) is 5.94. The van der Waals surface area contributed by atoms with Gasteiger partial charge in [-0.15, -0.1) is 0 Å². The molecule has 1 aliphatic carbocycles. The lowest BCUT2D eigenvalue weighted by Gasteiger charge is -2.22. The standard InChI is InChI=1S/C20H25N3O3/c1-25-17-9-8-16(13-18(17)26-2)22-19-12-14(10-11-21-19)20(24)23-15-6-4-3-5-7-15/h8-13,15H,3-7H2,1-2H3,(H,21,22)(H,23,24).